The predicted octanol–water partition coefficient (Wildman–Crippen LogP) is 3.42. The SMILES string of the molecule is O=C(Nc1ccc(N2CCCC2=O)c(Cl)c1)c1ccccc1O. The first-order valence-corrected chi connectivity index (χ1v) is 7.63. The highest BCUT2D eigenvalue weighted by Gasteiger charge is 2.23. The minimum absolute atomic E-state index is 0.0536. The van der Waals surface area contributed by atoms with Crippen LogP contribution in [-0.4, -0.2) is 23.5 Å². The summed E-state index contributed by atoms with van der Waals surface area (Å²) in [5, 5.41) is 12.8. The second-order valence-electron chi connectivity index (χ2n) is 5.29. The second kappa shape index (κ2) is 6.30. The maximum atomic E-state index is 12.2. The number of hydrogen-bond donors (Lipinski definition) is 2. The Morgan fingerprint density at radius 2 is 2.00 bits per heavy atom. The summed E-state index contributed by atoms with van der Waals surface area (Å²) in [6, 6.07) is 11.3. The maximum absolute atomic E-state index is 12.2. The van der Waals surface area contributed by atoms with E-state index < -0.39 is 5.91 Å². The Kier molecular flexibility index (Phi) is 4.21. The Bertz CT molecular complexity index is 776. The third kappa shape index (κ3) is 3.14. The summed E-state index contributed by atoms with van der Waals surface area (Å²) in [6.07, 6.45) is 1.35. The number of nitrogens with one attached hydrogen (secondary N) is 1. The molecule has 0 spiro atoms. The van der Waals surface area contributed by atoms with Crippen molar-refractivity contribution in [2.75, 3.05) is 16.8 Å². The molecule has 2 aromatic rings. The van der Waals surface area contributed by atoms with Gasteiger partial charge >= 0.3 is 0 Å². The fourth-order valence-corrected chi connectivity index (χ4v) is 2.85. The van der Waals surface area contributed by atoms with Crippen molar-refractivity contribution in [3.05, 3.63) is 53.1 Å². The molecular weight excluding hydrogens is 316 g/mol. The quantitative estimate of drug-likeness (QED) is 0.906. The second-order valence-corrected chi connectivity index (χ2v) is 5.69. The fraction of sp³-hybridized carbons (Fsp3) is 0.176. The van der Waals surface area contributed by atoms with Gasteiger partial charge in [-0.05, 0) is 36.8 Å². The number of anilines is 2. The number of halogens is 1. The minimum atomic E-state index is -0.427. The van der Waals surface area contributed by atoms with Crippen molar-refractivity contribution in [2.24, 2.45) is 0 Å². The molecule has 3 rings (SSSR count). The van der Waals surface area contributed by atoms with Crippen molar-refractivity contribution in [3.63, 3.8) is 0 Å². The molecule has 2 aromatic carbocycles. The number of carbonyl (C=O) groups is 2. The number of aromatic hydroxyl groups is 1. The molecular formula is C17H15ClN2O3. The Morgan fingerprint density at radius 3 is 2.65 bits per heavy atom. The average Bonchev–Trinajstić information content (AvgIpc) is 2.94. The Morgan fingerprint density at radius 1 is 1.22 bits per heavy atom. The van der Waals surface area contributed by atoms with Gasteiger partial charge < -0.3 is 15.3 Å². The van der Waals surface area contributed by atoms with Crippen molar-refractivity contribution in [2.45, 2.75) is 12.8 Å². The molecule has 1 fully saturated rings. The molecule has 0 radical (unpaired) electrons. The summed E-state index contributed by atoms with van der Waals surface area (Å²) in [5.41, 5.74) is 1.33. The van der Waals surface area contributed by atoms with Crippen LogP contribution in [0.4, 0.5) is 11.4 Å². The standard InChI is InChI=1S/C17H15ClN2O3/c18-13-10-11(7-8-14(13)20-9-3-6-16(20)22)19-17(23)12-4-1-2-5-15(12)21/h1-2,4-5,7-8,10,21H,3,6,9H2,(H,19,23). The molecule has 5 nitrogen and oxygen atoms in total. The van der Waals surface area contributed by atoms with Crippen LogP contribution in [0.5, 0.6) is 5.75 Å². The normalized spacial score (nSPS) is 14.1. The summed E-state index contributed by atoms with van der Waals surface area (Å²) < 4.78 is 0. The van der Waals surface area contributed by atoms with Crippen LogP contribution in [0.25, 0.3) is 0 Å². The summed E-state index contributed by atoms with van der Waals surface area (Å²) in [5.74, 6) is -0.461. The van der Waals surface area contributed by atoms with E-state index in [-0.39, 0.29) is 17.2 Å². The van der Waals surface area contributed by atoms with E-state index in [0.717, 1.165) is 6.42 Å². The molecule has 1 aliphatic rings. The number of phenols is 1. The summed E-state index contributed by atoms with van der Waals surface area (Å²) in [6.45, 7) is 0.655. The van der Waals surface area contributed by atoms with Crippen LogP contribution in [0.1, 0.15) is 23.2 Å². The third-order valence-corrected chi connectivity index (χ3v) is 4.02. The van der Waals surface area contributed by atoms with Gasteiger partial charge in [0, 0.05) is 18.7 Å². The molecule has 6 heteroatoms. The topological polar surface area (TPSA) is 69.6 Å². The molecule has 0 unspecified atom stereocenters. The van der Waals surface area contributed by atoms with Crippen LogP contribution < -0.4 is 10.2 Å². The predicted molar refractivity (Wildman–Crippen MR) is 89.1 cm³/mol. The van der Waals surface area contributed by atoms with Gasteiger partial charge in [-0.3, -0.25) is 9.59 Å². The van der Waals surface area contributed by atoms with Crippen LogP contribution in [-0.2, 0) is 4.79 Å². The minimum Gasteiger partial charge on any atom is -0.507 e. The highest BCUT2D eigenvalue weighted by atomic mass is 35.5. The van der Waals surface area contributed by atoms with Crippen molar-refractivity contribution < 1.29 is 14.7 Å². The van der Waals surface area contributed by atoms with Crippen LogP contribution in [0.15, 0.2) is 42.5 Å². The van der Waals surface area contributed by atoms with E-state index in [4.69, 9.17) is 11.6 Å². The smallest absolute Gasteiger partial charge is 0.259 e. The molecule has 1 aliphatic heterocycles. The summed E-state index contributed by atoms with van der Waals surface area (Å²) >= 11 is 6.24. The lowest BCUT2D eigenvalue weighted by Crippen LogP contribution is -2.24. The van der Waals surface area contributed by atoms with Crippen LogP contribution in [0, 0.1) is 0 Å². The van der Waals surface area contributed by atoms with Crippen molar-refractivity contribution in [1.82, 2.24) is 0 Å². The largest absolute Gasteiger partial charge is 0.507 e. The summed E-state index contributed by atoms with van der Waals surface area (Å²) in [7, 11) is 0. The van der Waals surface area contributed by atoms with E-state index in [1.54, 1.807) is 35.2 Å². The number of nitrogens with zero attached hydrogens (tertiary/aromatic N) is 1. The van der Waals surface area contributed by atoms with Gasteiger partial charge in [-0.15, -0.1) is 0 Å². The Balaban J connectivity index is 1.79. The van der Waals surface area contributed by atoms with E-state index in [1.165, 1.54) is 12.1 Å². The first-order valence-electron chi connectivity index (χ1n) is 7.25. The number of phenolic OH excluding ortho intramolecular Hbond substituents is 1. The third-order valence-electron chi connectivity index (χ3n) is 3.72. The van der Waals surface area contributed by atoms with E-state index >= 15 is 0 Å². The van der Waals surface area contributed by atoms with Crippen LogP contribution in [0.3, 0.4) is 0 Å². The average molecular weight is 331 g/mol. The van der Waals surface area contributed by atoms with Crippen LogP contribution in [0.2, 0.25) is 5.02 Å². The highest BCUT2D eigenvalue weighted by Crippen LogP contribution is 2.32. The molecule has 118 valence electrons. The Labute approximate surface area is 138 Å². The summed E-state index contributed by atoms with van der Waals surface area (Å²) in [4.78, 5) is 25.6. The zero-order valence-electron chi connectivity index (χ0n) is 12.3. The van der Waals surface area contributed by atoms with Crippen molar-refractivity contribution >= 4 is 34.8 Å². The van der Waals surface area contributed by atoms with E-state index in [1.807, 2.05) is 0 Å². The first kappa shape index (κ1) is 15.4. The van der Waals surface area contributed by atoms with Gasteiger partial charge in [-0.25, -0.2) is 0 Å². The molecule has 0 aliphatic carbocycles. The van der Waals surface area contributed by atoms with E-state index in [0.29, 0.717) is 29.4 Å². The Hall–Kier alpha value is -2.53. The number of para-hydroxylation sites is 1. The number of rotatable bonds is 3. The lowest BCUT2D eigenvalue weighted by atomic mass is 10.2. The van der Waals surface area contributed by atoms with Crippen molar-refractivity contribution in [1.29, 1.82) is 0 Å². The van der Waals surface area contributed by atoms with Gasteiger partial charge in [-0.1, -0.05) is 23.7 Å². The maximum Gasteiger partial charge on any atom is 0.259 e. The number of amides is 2. The zero-order chi connectivity index (χ0) is 16.4. The molecule has 0 aromatic heterocycles. The molecule has 2 N–H and O–H groups in total. The molecule has 1 saturated heterocycles. The molecule has 0 atom stereocenters. The van der Waals surface area contributed by atoms with Gasteiger partial charge in [0.15, 0.2) is 0 Å². The van der Waals surface area contributed by atoms with Crippen LogP contribution >= 0.6 is 11.6 Å². The first-order chi connectivity index (χ1) is 11.1. The van der Waals surface area contributed by atoms with Gasteiger partial charge in [0.05, 0.1) is 16.3 Å². The lowest BCUT2D eigenvalue weighted by Gasteiger charge is -2.18. The monoisotopic (exact) mass is 330 g/mol. The fourth-order valence-electron chi connectivity index (χ4n) is 2.57. The number of benzene rings is 2. The number of hydrogen-bond acceptors (Lipinski definition) is 3. The molecule has 1 heterocycles. The molecule has 0 bridgehead atoms. The van der Waals surface area contributed by atoms with Gasteiger partial charge in [0.1, 0.15) is 5.75 Å². The van der Waals surface area contributed by atoms with Crippen molar-refractivity contribution in [3.8, 4) is 5.75 Å². The lowest BCUT2D eigenvalue weighted by molar-refractivity contribution is -0.117. The van der Waals surface area contributed by atoms with Gasteiger partial charge in [0.2, 0.25) is 5.91 Å². The zero-order valence-corrected chi connectivity index (χ0v) is 13.0. The molecule has 2 amide bonds. The highest BCUT2D eigenvalue weighted by molar-refractivity contribution is 6.34. The van der Waals surface area contributed by atoms with E-state index in [9.17, 15) is 14.7 Å². The molecule has 23 heavy (non-hydrogen) atoms. The van der Waals surface area contributed by atoms with Gasteiger partial charge in [0.25, 0.3) is 5.91 Å². The van der Waals surface area contributed by atoms with E-state index in [2.05, 4.69) is 5.32 Å². The molecule has 0 saturated carbocycles. The van der Waals surface area contributed by atoms with Gasteiger partial charge in [-0.2, -0.15) is 0 Å². The number of carbonyl (C=O) groups excluding carboxylic acids is 2.